The van der Waals surface area contributed by atoms with Crippen molar-refractivity contribution in [3.8, 4) is 0 Å². The quantitative estimate of drug-likeness (QED) is 0.771. The molecule has 1 aromatic rings. The lowest BCUT2D eigenvalue weighted by molar-refractivity contribution is -0.120. The molecule has 0 saturated heterocycles. The maximum Gasteiger partial charge on any atom is 0.144 e. The van der Waals surface area contributed by atoms with Crippen LogP contribution in [0.25, 0.3) is 0 Å². The van der Waals surface area contributed by atoms with Crippen LogP contribution in [0.5, 0.6) is 0 Å². The summed E-state index contributed by atoms with van der Waals surface area (Å²) in [6.07, 6.45) is 7.14. The third-order valence-corrected chi connectivity index (χ3v) is 4.17. The summed E-state index contributed by atoms with van der Waals surface area (Å²) in [5.41, 5.74) is 0. The first-order valence-electron chi connectivity index (χ1n) is 6.13. The van der Waals surface area contributed by atoms with Gasteiger partial charge in [0, 0.05) is 13.0 Å². The van der Waals surface area contributed by atoms with Gasteiger partial charge in [0.15, 0.2) is 0 Å². The minimum absolute atomic E-state index is 0.346. The number of carbonyl (C=O) groups excluding carboxylic acids is 1. The zero-order valence-corrected chi connectivity index (χ0v) is 9.59. The highest BCUT2D eigenvalue weighted by Gasteiger charge is 2.54. The van der Waals surface area contributed by atoms with Gasteiger partial charge in [0.1, 0.15) is 17.9 Å². The number of ketones is 1. The SMILES string of the molecule is Cn1ncnc1CC(=O)C1C2CCCCC21. The molecule has 2 saturated carbocycles. The number of Topliss-reactive ketones (excluding diaryl/α,β-unsaturated/α-hetero) is 1. The molecule has 4 nitrogen and oxygen atoms in total. The topological polar surface area (TPSA) is 47.8 Å². The van der Waals surface area contributed by atoms with Crippen molar-refractivity contribution in [3.05, 3.63) is 12.2 Å². The van der Waals surface area contributed by atoms with E-state index >= 15 is 0 Å². The van der Waals surface area contributed by atoms with E-state index in [0.717, 1.165) is 5.82 Å². The van der Waals surface area contributed by atoms with Gasteiger partial charge in [-0.1, -0.05) is 12.8 Å². The summed E-state index contributed by atoms with van der Waals surface area (Å²) in [4.78, 5) is 16.2. The van der Waals surface area contributed by atoms with E-state index in [0.29, 0.717) is 30.0 Å². The molecule has 0 aromatic carbocycles. The molecule has 0 N–H and O–H groups in total. The van der Waals surface area contributed by atoms with E-state index in [9.17, 15) is 4.79 Å². The first-order valence-corrected chi connectivity index (χ1v) is 6.13. The number of fused-ring (bicyclic) bond motifs is 1. The number of hydrogen-bond acceptors (Lipinski definition) is 3. The first kappa shape index (κ1) is 10.00. The van der Waals surface area contributed by atoms with Crippen LogP contribution in [0.4, 0.5) is 0 Å². The fourth-order valence-corrected chi connectivity index (χ4v) is 3.22. The van der Waals surface area contributed by atoms with Gasteiger partial charge in [-0.05, 0) is 24.7 Å². The molecule has 2 aliphatic rings. The van der Waals surface area contributed by atoms with Crippen LogP contribution in [0.3, 0.4) is 0 Å². The lowest BCUT2D eigenvalue weighted by atomic mass is 10.0. The molecular formula is C12H17N3O. The van der Waals surface area contributed by atoms with Crippen LogP contribution >= 0.6 is 0 Å². The maximum absolute atomic E-state index is 12.1. The minimum Gasteiger partial charge on any atom is -0.299 e. The molecule has 2 fully saturated rings. The Balaban J connectivity index is 1.65. The number of aromatic nitrogens is 3. The Morgan fingerprint density at radius 2 is 2.12 bits per heavy atom. The Morgan fingerprint density at radius 3 is 2.69 bits per heavy atom. The fraction of sp³-hybridized carbons (Fsp3) is 0.750. The number of nitrogens with zero attached hydrogens (tertiary/aromatic N) is 3. The summed E-state index contributed by atoms with van der Waals surface area (Å²) in [5, 5.41) is 3.99. The van der Waals surface area contributed by atoms with E-state index in [1.165, 1.54) is 32.0 Å². The number of rotatable bonds is 3. The van der Waals surface area contributed by atoms with Crippen molar-refractivity contribution < 1.29 is 4.79 Å². The van der Waals surface area contributed by atoms with Crippen LogP contribution in [0.15, 0.2) is 6.33 Å². The summed E-state index contributed by atoms with van der Waals surface area (Å²) < 4.78 is 1.70. The van der Waals surface area contributed by atoms with Crippen LogP contribution in [-0.2, 0) is 18.3 Å². The van der Waals surface area contributed by atoms with Crippen LogP contribution in [0.1, 0.15) is 31.5 Å². The summed E-state index contributed by atoms with van der Waals surface area (Å²) in [6, 6.07) is 0. The van der Waals surface area contributed by atoms with Gasteiger partial charge < -0.3 is 0 Å². The van der Waals surface area contributed by atoms with Gasteiger partial charge in [0.05, 0.1) is 6.42 Å². The highest BCUT2D eigenvalue weighted by molar-refractivity contribution is 5.85. The van der Waals surface area contributed by atoms with Gasteiger partial charge in [-0.15, -0.1) is 0 Å². The van der Waals surface area contributed by atoms with Crippen molar-refractivity contribution in [3.63, 3.8) is 0 Å². The van der Waals surface area contributed by atoms with E-state index in [1.54, 1.807) is 4.68 Å². The van der Waals surface area contributed by atoms with Crippen LogP contribution in [0, 0.1) is 17.8 Å². The van der Waals surface area contributed by atoms with E-state index in [4.69, 9.17) is 0 Å². The highest BCUT2D eigenvalue weighted by Crippen LogP contribution is 2.55. The van der Waals surface area contributed by atoms with Crippen LogP contribution < -0.4 is 0 Å². The minimum atomic E-state index is 0.346. The lowest BCUT2D eigenvalue weighted by Gasteiger charge is -2.04. The summed E-state index contributed by atoms with van der Waals surface area (Å²) in [7, 11) is 1.84. The molecule has 1 aromatic heterocycles. The average Bonchev–Trinajstić information content (AvgIpc) is 2.90. The Kier molecular flexibility index (Phi) is 2.30. The lowest BCUT2D eigenvalue weighted by Crippen LogP contribution is -2.11. The standard InChI is InChI=1S/C12H17N3O/c1-15-11(13-7-14-15)6-10(16)12-8-4-2-3-5-9(8)12/h7-9,12H,2-6H2,1H3. The average molecular weight is 219 g/mol. The van der Waals surface area contributed by atoms with E-state index in [2.05, 4.69) is 10.1 Å². The molecule has 2 atom stereocenters. The predicted octanol–water partition coefficient (Wildman–Crippen LogP) is 1.36. The van der Waals surface area contributed by atoms with Gasteiger partial charge in [0.2, 0.25) is 0 Å². The normalized spacial score (nSPS) is 32.2. The molecule has 1 heterocycles. The smallest absolute Gasteiger partial charge is 0.144 e. The fourth-order valence-electron chi connectivity index (χ4n) is 3.22. The molecule has 0 spiro atoms. The highest BCUT2D eigenvalue weighted by atomic mass is 16.1. The summed E-state index contributed by atoms with van der Waals surface area (Å²) in [5.74, 6) is 2.94. The molecule has 16 heavy (non-hydrogen) atoms. The molecule has 86 valence electrons. The Morgan fingerprint density at radius 1 is 1.44 bits per heavy atom. The molecule has 3 rings (SSSR count). The van der Waals surface area contributed by atoms with Crippen LogP contribution in [0.2, 0.25) is 0 Å². The second kappa shape index (κ2) is 3.68. The van der Waals surface area contributed by atoms with Crippen molar-refractivity contribution >= 4 is 5.78 Å². The van der Waals surface area contributed by atoms with Gasteiger partial charge in [0.25, 0.3) is 0 Å². The molecule has 0 amide bonds. The van der Waals surface area contributed by atoms with E-state index in [1.807, 2.05) is 7.05 Å². The second-order valence-corrected chi connectivity index (χ2v) is 5.08. The second-order valence-electron chi connectivity index (χ2n) is 5.08. The van der Waals surface area contributed by atoms with Crippen molar-refractivity contribution in [1.82, 2.24) is 14.8 Å². The number of carbonyl (C=O) groups is 1. The van der Waals surface area contributed by atoms with Gasteiger partial charge >= 0.3 is 0 Å². The summed E-state index contributed by atoms with van der Waals surface area (Å²) in [6.45, 7) is 0. The monoisotopic (exact) mass is 219 g/mol. The Bertz CT molecular complexity index is 400. The Labute approximate surface area is 95.1 Å². The van der Waals surface area contributed by atoms with Crippen molar-refractivity contribution in [2.75, 3.05) is 0 Å². The number of hydrogen-bond donors (Lipinski definition) is 0. The van der Waals surface area contributed by atoms with Crippen molar-refractivity contribution in [1.29, 1.82) is 0 Å². The molecule has 0 bridgehead atoms. The molecular weight excluding hydrogens is 202 g/mol. The molecule has 2 unspecified atom stereocenters. The van der Waals surface area contributed by atoms with E-state index in [-0.39, 0.29) is 0 Å². The molecule has 2 aliphatic carbocycles. The third-order valence-electron chi connectivity index (χ3n) is 4.17. The first-order chi connectivity index (χ1) is 7.77. The van der Waals surface area contributed by atoms with E-state index < -0.39 is 0 Å². The predicted molar refractivity (Wildman–Crippen MR) is 58.7 cm³/mol. The van der Waals surface area contributed by atoms with Crippen LogP contribution in [-0.4, -0.2) is 20.5 Å². The molecule has 0 aliphatic heterocycles. The molecule has 4 heteroatoms. The van der Waals surface area contributed by atoms with Crippen molar-refractivity contribution in [2.24, 2.45) is 24.8 Å². The third kappa shape index (κ3) is 1.56. The Hall–Kier alpha value is -1.19. The molecule has 0 radical (unpaired) electrons. The largest absolute Gasteiger partial charge is 0.299 e. The zero-order chi connectivity index (χ0) is 11.1. The van der Waals surface area contributed by atoms with Gasteiger partial charge in [-0.25, -0.2) is 4.98 Å². The maximum atomic E-state index is 12.1. The van der Waals surface area contributed by atoms with Crippen molar-refractivity contribution in [2.45, 2.75) is 32.1 Å². The zero-order valence-electron chi connectivity index (χ0n) is 9.59. The number of aryl methyl sites for hydroxylation is 1. The van der Waals surface area contributed by atoms with Gasteiger partial charge in [-0.3, -0.25) is 9.48 Å². The summed E-state index contributed by atoms with van der Waals surface area (Å²) >= 11 is 0. The van der Waals surface area contributed by atoms with Gasteiger partial charge in [-0.2, -0.15) is 5.10 Å².